The van der Waals surface area contributed by atoms with Gasteiger partial charge in [-0.1, -0.05) is 24.3 Å². The number of anilines is 1. The molecular weight excluding hydrogens is 380 g/mol. The molecule has 3 rings (SSSR count). The monoisotopic (exact) mass is 402 g/mol. The summed E-state index contributed by atoms with van der Waals surface area (Å²) in [6, 6.07) is 14.9. The zero-order valence-corrected chi connectivity index (χ0v) is 16.8. The van der Waals surface area contributed by atoms with E-state index in [9.17, 15) is 9.59 Å². The molecule has 1 amide bonds. The fourth-order valence-electron chi connectivity index (χ4n) is 3.16. The van der Waals surface area contributed by atoms with Crippen LogP contribution >= 0.6 is 0 Å². The van der Waals surface area contributed by atoms with E-state index >= 15 is 0 Å². The van der Waals surface area contributed by atoms with Crippen LogP contribution in [0.1, 0.15) is 35.0 Å². The SMILES string of the molecule is CCN(CCC#N)c1ccc(/C=N\NC(=O)c2n[nH]c(=O)c3ccccc23)c(C)c1. The molecule has 2 aromatic carbocycles. The molecule has 0 aliphatic rings. The number of benzene rings is 2. The maximum atomic E-state index is 12.5. The van der Waals surface area contributed by atoms with E-state index in [4.69, 9.17) is 5.26 Å². The van der Waals surface area contributed by atoms with Crippen molar-refractivity contribution in [1.82, 2.24) is 15.6 Å². The van der Waals surface area contributed by atoms with Crippen molar-refractivity contribution >= 4 is 28.6 Å². The summed E-state index contributed by atoms with van der Waals surface area (Å²) in [5.41, 5.74) is 5.10. The molecule has 0 atom stereocenters. The number of carbonyl (C=O) groups excluding carboxylic acids is 1. The zero-order valence-electron chi connectivity index (χ0n) is 16.8. The number of fused-ring (bicyclic) bond motifs is 1. The molecule has 0 spiro atoms. The highest BCUT2D eigenvalue weighted by molar-refractivity contribution is 6.04. The van der Waals surface area contributed by atoms with E-state index in [2.05, 4.69) is 31.7 Å². The largest absolute Gasteiger partial charge is 0.371 e. The number of nitriles is 1. The summed E-state index contributed by atoms with van der Waals surface area (Å²) in [7, 11) is 0. The number of aryl methyl sites for hydroxylation is 1. The highest BCUT2D eigenvalue weighted by Gasteiger charge is 2.13. The van der Waals surface area contributed by atoms with Crippen LogP contribution in [0.3, 0.4) is 0 Å². The van der Waals surface area contributed by atoms with Crippen LogP contribution in [-0.4, -0.2) is 35.4 Å². The lowest BCUT2D eigenvalue weighted by molar-refractivity contribution is 0.0951. The van der Waals surface area contributed by atoms with Gasteiger partial charge in [-0.2, -0.15) is 15.5 Å². The molecule has 1 aromatic heterocycles. The molecule has 3 aromatic rings. The van der Waals surface area contributed by atoms with Crippen molar-refractivity contribution in [2.75, 3.05) is 18.0 Å². The minimum absolute atomic E-state index is 0.102. The van der Waals surface area contributed by atoms with E-state index in [0.29, 0.717) is 23.7 Å². The van der Waals surface area contributed by atoms with Gasteiger partial charge in [-0.15, -0.1) is 0 Å². The summed E-state index contributed by atoms with van der Waals surface area (Å²) >= 11 is 0. The molecule has 0 radical (unpaired) electrons. The Kier molecular flexibility index (Phi) is 6.55. The summed E-state index contributed by atoms with van der Waals surface area (Å²) in [6.07, 6.45) is 2.03. The quantitative estimate of drug-likeness (QED) is 0.466. The molecule has 30 heavy (non-hydrogen) atoms. The van der Waals surface area contributed by atoms with Crippen molar-refractivity contribution in [3.05, 3.63) is 69.6 Å². The van der Waals surface area contributed by atoms with Crippen LogP contribution < -0.4 is 15.9 Å². The Balaban J connectivity index is 1.74. The van der Waals surface area contributed by atoms with Crippen molar-refractivity contribution in [1.29, 1.82) is 5.26 Å². The van der Waals surface area contributed by atoms with Gasteiger partial charge in [-0.25, -0.2) is 10.5 Å². The number of aromatic amines is 1. The third kappa shape index (κ3) is 4.52. The van der Waals surface area contributed by atoms with Crippen molar-refractivity contribution in [2.45, 2.75) is 20.3 Å². The van der Waals surface area contributed by atoms with Gasteiger partial charge in [0.15, 0.2) is 5.69 Å². The van der Waals surface area contributed by atoms with Gasteiger partial charge in [0.05, 0.1) is 24.1 Å². The fourth-order valence-corrected chi connectivity index (χ4v) is 3.16. The molecule has 0 bridgehead atoms. The Labute approximate surface area is 173 Å². The second-order valence-corrected chi connectivity index (χ2v) is 6.67. The normalized spacial score (nSPS) is 10.8. The first kappa shape index (κ1) is 20.7. The Bertz CT molecular complexity index is 1190. The number of hydrogen-bond donors (Lipinski definition) is 2. The van der Waals surface area contributed by atoms with Crippen molar-refractivity contribution in [3.63, 3.8) is 0 Å². The summed E-state index contributed by atoms with van der Waals surface area (Å²) in [4.78, 5) is 26.5. The molecule has 0 saturated heterocycles. The lowest BCUT2D eigenvalue weighted by atomic mass is 10.1. The number of nitrogens with zero attached hydrogens (tertiary/aromatic N) is 4. The van der Waals surface area contributed by atoms with Gasteiger partial charge in [-0.3, -0.25) is 9.59 Å². The Morgan fingerprint density at radius 1 is 1.30 bits per heavy atom. The van der Waals surface area contributed by atoms with E-state index < -0.39 is 5.91 Å². The number of hydrogen-bond acceptors (Lipinski definition) is 6. The van der Waals surface area contributed by atoms with Crippen LogP contribution in [0.2, 0.25) is 0 Å². The van der Waals surface area contributed by atoms with Gasteiger partial charge < -0.3 is 4.90 Å². The first-order valence-electron chi connectivity index (χ1n) is 9.58. The third-order valence-electron chi connectivity index (χ3n) is 4.77. The Morgan fingerprint density at radius 2 is 2.07 bits per heavy atom. The number of amides is 1. The number of carbonyl (C=O) groups is 1. The van der Waals surface area contributed by atoms with E-state index in [1.54, 1.807) is 30.5 Å². The first-order valence-corrected chi connectivity index (χ1v) is 9.58. The topological polar surface area (TPSA) is 114 Å². The highest BCUT2D eigenvalue weighted by Crippen LogP contribution is 2.19. The molecule has 8 nitrogen and oxygen atoms in total. The number of aromatic nitrogens is 2. The molecular formula is C22H22N6O2. The minimum atomic E-state index is -0.512. The number of rotatable bonds is 7. The highest BCUT2D eigenvalue weighted by atomic mass is 16.2. The van der Waals surface area contributed by atoms with Crippen LogP contribution in [0.4, 0.5) is 5.69 Å². The van der Waals surface area contributed by atoms with E-state index in [-0.39, 0.29) is 11.3 Å². The molecule has 8 heteroatoms. The molecule has 1 heterocycles. The summed E-state index contributed by atoms with van der Waals surface area (Å²) < 4.78 is 0. The standard InChI is InChI=1S/C22H22N6O2/c1-3-28(12-6-11-23)17-10-9-16(15(2)13-17)14-24-26-22(30)20-18-7-4-5-8-19(18)21(29)27-25-20/h4-5,7-10,13-14H,3,6,12H2,1-2H3,(H,26,30)(H,27,29)/b24-14-. The number of hydrazone groups is 1. The van der Waals surface area contributed by atoms with Gasteiger partial charge in [0.25, 0.3) is 11.5 Å². The Hall–Kier alpha value is -3.99. The van der Waals surface area contributed by atoms with E-state index in [1.807, 2.05) is 32.0 Å². The second-order valence-electron chi connectivity index (χ2n) is 6.67. The maximum Gasteiger partial charge on any atom is 0.292 e. The predicted molar refractivity (Wildman–Crippen MR) is 117 cm³/mol. The molecule has 0 aliphatic carbocycles. The second kappa shape index (κ2) is 9.47. The molecule has 152 valence electrons. The van der Waals surface area contributed by atoms with Crippen molar-refractivity contribution < 1.29 is 4.79 Å². The molecule has 0 saturated carbocycles. The van der Waals surface area contributed by atoms with Crippen LogP contribution in [0.25, 0.3) is 10.8 Å². The van der Waals surface area contributed by atoms with Crippen LogP contribution in [0.15, 0.2) is 52.4 Å². The van der Waals surface area contributed by atoms with Crippen LogP contribution in [0, 0.1) is 18.3 Å². The average Bonchev–Trinajstić information content (AvgIpc) is 2.76. The first-order chi connectivity index (χ1) is 14.5. The van der Waals surface area contributed by atoms with Crippen LogP contribution in [-0.2, 0) is 0 Å². The molecule has 0 unspecified atom stereocenters. The molecule has 0 aliphatic heterocycles. The van der Waals surface area contributed by atoms with E-state index in [0.717, 1.165) is 23.4 Å². The number of nitrogens with one attached hydrogen (secondary N) is 2. The molecule has 0 fully saturated rings. The predicted octanol–water partition coefficient (Wildman–Crippen LogP) is 2.74. The minimum Gasteiger partial charge on any atom is -0.371 e. The van der Waals surface area contributed by atoms with Gasteiger partial charge in [0.2, 0.25) is 0 Å². The lowest BCUT2D eigenvalue weighted by Gasteiger charge is -2.22. The maximum absolute atomic E-state index is 12.5. The summed E-state index contributed by atoms with van der Waals surface area (Å²) in [6.45, 7) is 5.49. The summed E-state index contributed by atoms with van der Waals surface area (Å²) in [5, 5.41) is 19.9. The molecule has 2 N–H and O–H groups in total. The smallest absolute Gasteiger partial charge is 0.292 e. The van der Waals surface area contributed by atoms with Crippen molar-refractivity contribution in [3.8, 4) is 6.07 Å². The number of H-pyrrole nitrogens is 1. The van der Waals surface area contributed by atoms with Gasteiger partial charge >= 0.3 is 0 Å². The summed E-state index contributed by atoms with van der Waals surface area (Å²) in [5.74, 6) is -0.512. The van der Waals surface area contributed by atoms with E-state index in [1.165, 1.54) is 0 Å². The third-order valence-corrected chi connectivity index (χ3v) is 4.77. The van der Waals surface area contributed by atoms with Crippen LogP contribution in [0.5, 0.6) is 0 Å². The van der Waals surface area contributed by atoms with Gasteiger partial charge in [-0.05, 0) is 43.2 Å². The zero-order chi connectivity index (χ0) is 21.5. The van der Waals surface area contributed by atoms with Gasteiger partial charge in [0.1, 0.15) is 0 Å². The lowest BCUT2D eigenvalue weighted by Crippen LogP contribution is -2.23. The van der Waals surface area contributed by atoms with Gasteiger partial charge in [0, 0.05) is 24.2 Å². The fraction of sp³-hybridized carbons (Fsp3) is 0.227. The average molecular weight is 402 g/mol. The Morgan fingerprint density at radius 3 is 2.77 bits per heavy atom. The van der Waals surface area contributed by atoms with Crippen molar-refractivity contribution in [2.24, 2.45) is 5.10 Å².